The lowest BCUT2D eigenvalue weighted by Crippen LogP contribution is -2.50. The Morgan fingerprint density at radius 3 is 2.27 bits per heavy atom. The van der Waals surface area contributed by atoms with Gasteiger partial charge in [0.2, 0.25) is 0 Å². The maximum absolute atomic E-state index is 5.75. The van der Waals surface area contributed by atoms with E-state index in [-0.39, 0.29) is 0 Å². The van der Waals surface area contributed by atoms with Gasteiger partial charge in [0.15, 0.2) is 5.11 Å². The summed E-state index contributed by atoms with van der Waals surface area (Å²) in [4.78, 5) is 14.4. The van der Waals surface area contributed by atoms with Crippen molar-refractivity contribution < 1.29 is 0 Å². The molecule has 2 aromatic carbocycles. The third kappa shape index (κ3) is 4.89. The quantitative estimate of drug-likeness (QED) is 0.596. The van der Waals surface area contributed by atoms with Crippen molar-refractivity contribution in [1.82, 2.24) is 14.8 Å². The molecule has 2 aliphatic heterocycles. The molecule has 7 heteroatoms. The first-order valence-electron chi connectivity index (χ1n) is 11.8. The second-order valence-electron chi connectivity index (χ2n) is 9.06. The van der Waals surface area contributed by atoms with Gasteiger partial charge in [-0.2, -0.15) is 0 Å². The van der Waals surface area contributed by atoms with Crippen LogP contribution in [0.5, 0.6) is 0 Å². The first-order valence-corrected chi connectivity index (χ1v) is 12.2. The van der Waals surface area contributed by atoms with Crippen LogP contribution in [0.25, 0.3) is 10.9 Å². The number of hydrogen-bond acceptors (Lipinski definition) is 5. The van der Waals surface area contributed by atoms with E-state index in [2.05, 4.69) is 93.5 Å². The van der Waals surface area contributed by atoms with Crippen LogP contribution in [0.15, 0.2) is 54.6 Å². The van der Waals surface area contributed by atoms with Gasteiger partial charge >= 0.3 is 0 Å². The predicted octanol–water partition coefficient (Wildman–Crippen LogP) is 3.81. The molecule has 2 fully saturated rings. The first kappa shape index (κ1) is 21.9. The molecule has 172 valence electrons. The highest BCUT2D eigenvalue weighted by Crippen LogP contribution is 2.26. The van der Waals surface area contributed by atoms with E-state index >= 15 is 0 Å². The number of aryl methyl sites for hydroxylation is 1. The lowest BCUT2D eigenvalue weighted by Gasteiger charge is -2.37. The van der Waals surface area contributed by atoms with E-state index < -0.39 is 0 Å². The molecule has 0 spiro atoms. The average molecular weight is 461 g/mol. The second kappa shape index (κ2) is 9.53. The molecule has 0 bridgehead atoms. The van der Waals surface area contributed by atoms with Crippen LogP contribution in [0, 0.1) is 6.92 Å². The van der Waals surface area contributed by atoms with E-state index in [1.54, 1.807) is 0 Å². The van der Waals surface area contributed by atoms with E-state index in [0.717, 1.165) is 74.5 Å². The fraction of sp³-hybridized carbons (Fsp3) is 0.385. The molecule has 2 saturated heterocycles. The van der Waals surface area contributed by atoms with Crippen LogP contribution in [-0.2, 0) is 0 Å². The van der Waals surface area contributed by atoms with Crippen molar-refractivity contribution >= 4 is 45.4 Å². The SMILES string of the molecule is Cc1cc(N2CCN(C)CC2)nc2ccc(NC(=S)N3CCN(c4ccccc4)CC3)cc12. The number of pyridine rings is 1. The summed E-state index contributed by atoms with van der Waals surface area (Å²) in [5, 5.41) is 5.43. The summed E-state index contributed by atoms with van der Waals surface area (Å²) in [6.45, 7) is 10.2. The Balaban J connectivity index is 1.24. The molecule has 2 aliphatic rings. The van der Waals surface area contributed by atoms with Crippen LogP contribution in [0.2, 0.25) is 0 Å². The van der Waals surface area contributed by atoms with Crippen LogP contribution in [0.1, 0.15) is 5.56 Å². The highest BCUT2D eigenvalue weighted by atomic mass is 32.1. The van der Waals surface area contributed by atoms with Gasteiger partial charge in [0.1, 0.15) is 5.82 Å². The zero-order valence-electron chi connectivity index (χ0n) is 19.5. The van der Waals surface area contributed by atoms with E-state index in [1.807, 2.05) is 0 Å². The number of aromatic nitrogens is 1. The van der Waals surface area contributed by atoms with Gasteiger partial charge in [-0.3, -0.25) is 0 Å². The largest absolute Gasteiger partial charge is 0.368 e. The molecular formula is C26H32N6S. The van der Waals surface area contributed by atoms with Crippen molar-refractivity contribution in [3.05, 3.63) is 60.2 Å². The number of nitrogens with zero attached hydrogens (tertiary/aromatic N) is 5. The molecule has 0 unspecified atom stereocenters. The minimum Gasteiger partial charge on any atom is -0.368 e. The number of nitrogens with one attached hydrogen (secondary N) is 1. The summed E-state index contributed by atoms with van der Waals surface area (Å²) >= 11 is 5.75. The molecule has 3 heterocycles. The maximum Gasteiger partial charge on any atom is 0.173 e. The molecule has 1 N–H and O–H groups in total. The Morgan fingerprint density at radius 1 is 0.848 bits per heavy atom. The second-order valence-corrected chi connectivity index (χ2v) is 9.45. The number of para-hydroxylation sites is 1. The number of anilines is 3. The number of hydrogen-bond donors (Lipinski definition) is 1. The molecule has 3 aromatic rings. The number of likely N-dealkylation sites (N-methyl/N-ethyl adjacent to an activating group) is 1. The molecule has 1 aromatic heterocycles. The van der Waals surface area contributed by atoms with Crippen molar-refractivity contribution in [3.8, 4) is 0 Å². The third-order valence-electron chi connectivity index (χ3n) is 6.77. The van der Waals surface area contributed by atoms with Gasteiger partial charge < -0.3 is 24.9 Å². The van der Waals surface area contributed by atoms with Gasteiger partial charge in [-0.25, -0.2) is 4.98 Å². The molecule has 0 radical (unpaired) electrons. The first-order chi connectivity index (χ1) is 16.1. The van der Waals surface area contributed by atoms with Crippen molar-refractivity contribution in [2.75, 3.05) is 74.5 Å². The van der Waals surface area contributed by atoms with E-state index in [1.165, 1.54) is 16.6 Å². The Bertz CT molecular complexity index is 1120. The normalized spacial score (nSPS) is 17.5. The van der Waals surface area contributed by atoms with E-state index in [4.69, 9.17) is 17.2 Å². The average Bonchev–Trinajstić information content (AvgIpc) is 2.85. The summed E-state index contributed by atoms with van der Waals surface area (Å²) < 4.78 is 0. The van der Waals surface area contributed by atoms with Crippen molar-refractivity contribution in [2.45, 2.75) is 6.92 Å². The third-order valence-corrected chi connectivity index (χ3v) is 7.13. The zero-order chi connectivity index (χ0) is 22.8. The fourth-order valence-corrected chi connectivity index (χ4v) is 4.96. The molecule has 5 rings (SSSR count). The molecule has 6 nitrogen and oxygen atoms in total. The summed E-state index contributed by atoms with van der Waals surface area (Å²) in [6, 6.07) is 19.2. The Morgan fingerprint density at radius 2 is 1.55 bits per heavy atom. The number of piperazine rings is 2. The Labute approximate surface area is 201 Å². The van der Waals surface area contributed by atoms with Gasteiger partial charge in [-0.05, 0) is 68.2 Å². The standard InChI is InChI=1S/C26H32N6S/c1-20-18-25(31-12-10-29(2)11-13-31)28-24-9-8-21(19-23(20)24)27-26(33)32-16-14-30(15-17-32)22-6-4-3-5-7-22/h3-9,18-19H,10-17H2,1-2H3,(H,27,33). The van der Waals surface area contributed by atoms with Crippen LogP contribution in [-0.4, -0.2) is 79.3 Å². The lowest BCUT2D eigenvalue weighted by atomic mass is 10.1. The summed E-state index contributed by atoms with van der Waals surface area (Å²) in [6.07, 6.45) is 0. The monoisotopic (exact) mass is 460 g/mol. The van der Waals surface area contributed by atoms with Crippen LogP contribution in [0.4, 0.5) is 17.2 Å². The van der Waals surface area contributed by atoms with Gasteiger partial charge in [0.05, 0.1) is 5.52 Å². The zero-order valence-corrected chi connectivity index (χ0v) is 20.3. The van der Waals surface area contributed by atoms with Gasteiger partial charge in [-0.15, -0.1) is 0 Å². The molecule has 0 aliphatic carbocycles. The van der Waals surface area contributed by atoms with Crippen LogP contribution in [0.3, 0.4) is 0 Å². The van der Waals surface area contributed by atoms with Crippen molar-refractivity contribution in [1.29, 1.82) is 0 Å². The number of rotatable bonds is 3. The van der Waals surface area contributed by atoms with E-state index in [9.17, 15) is 0 Å². The highest BCUT2D eigenvalue weighted by Gasteiger charge is 2.20. The smallest absolute Gasteiger partial charge is 0.173 e. The summed E-state index contributed by atoms with van der Waals surface area (Å²) in [7, 11) is 2.18. The number of thiocarbonyl (C=S) groups is 1. The Kier molecular flexibility index (Phi) is 6.33. The molecule has 33 heavy (non-hydrogen) atoms. The lowest BCUT2D eigenvalue weighted by molar-refractivity contribution is 0.312. The maximum atomic E-state index is 5.75. The molecular weight excluding hydrogens is 428 g/mol. The summed E-state index contributed by atoms with van der Waals surface area (Å²) in [5.74, 6) is 1.08. The Hall–Kier alpha value is -2.90. The minimum absolute atomic E-state index is 0.793. The highest BCUT2D eigenvalue weighted by molar-refractivity contribution is 7.80. The topological polar surface area (TPSA) is 37.9 Å². The fourth-order valence-electron chi connectivity index (χ4n) is 4.66. The van der Waals surface area contributed by atoms with Gasteiger partial charge in [-0.1, -0.05) is 18.2 Å². The molecule has 0 amide bonds. The minimum atomic E-state index is 0.793. The van der Waals surface area contributed by atoms with Crippen LogP contribution < -0.4 is 15.1 Å². The van der Waals surface area contributed by atoms with Crippen LogP contribution >= 0.6 is 12.2 Å². The number of fused-ring (bicyclic) bond motifs is 1. The van der Waals surface area contributed by atoms with Gasteiger partial charge in [0.25, 0.3) is 0 Å². The number of benzene rings is 2. The van der Waals surface area contributed by atoms with E-state index in [0.29, 0.717) is 0 Å². The molecule has 0 saturated carbocycles. The van der Waals surface area contributed by atoms with Gasteiger partial charge in [0, 0.05) is 69.1 Å². The van der Waals surface area contributed by atoms with Crippen molar-refractivity contribution in [2.24, 2.45) is 0 Å². The molecule has 0 atom stereocenters. The predicted molar refractivity (Wildman–Crippen MR) is 143 cm³/mol. The van der Waals surface area contributed by atoms with Crippen molar-refractivity contribution in [3.63, 3.8) is 0 Å². The summed E-state index contributed by atoms with van der Waals surface area (Å²) in [5.41, 5.74) is 4.59.